The van der Waals surface area contributed by atoms with E-state index in [1.165, 1.54) is 6.20 Å². The molecule has 1 aliphatic rings. The fraction of sp³-hybridized carbons (Fsp3) is 0.500. The normalized spacial score (nSPS) is 16.6. The van der Waals surface area contributed by atoms with Crippen molar-refractivity contribution in [3.63, 3.8) is 0 Å². The highest BCUT2D eigenvalue weighted by Gasteiger charge is 2.25. The van der Waals surface area contributed by atoms with E-state index >= 15 is 0 Å². The van der Waals surface area contributed by atoms with E-state index in [4.69, 9.17) is 5.73 Å². The second-order valence-corrected chi connectivity index (χ2v) is 7.38. The lowest BCUT2D eigenvalue weighted by Crippen LogP contribution is -2.18. The van der Waals surface area contributed by atoms with Gasteiger partial charge in [-0.1, -0.05) is 10.3 Å². The maximum Gasteiger partial charge on any atom is 0.254 e. The van der Waals surface area contributed by atoms with Crippen molar-refractivity contribution in [2.75, 3.05) is 17.8 Å². The van der Waals surface area contributed by atoms with E-state index in [1.54, 1.807) is 12.5 Å². The number of nitrogens with zero attached hydrogens (tertiary/aromatic N) is 2. The van der Waals surface area contributed by atoms with Gasteiger partial charge in [0, 0.05) is 12.2 Å². The SMILES string of the molecule is CS(C)(O)c1ncc(C(N)=O)c(NC2CC2)n1. The zero-order valence-electron chi connectivity index (χ0n) is 9.80. The largest absolute Gasteiger partial charge is 0.367 e. The van der Waals surface area contributed by atoms with Crippen LogP contribution in [0.2, 0.25) is 0 Å². The number of carbonyl (C=O) groups is 1. The average molecular weight is 256 g/mol. The van der Waals surface area contributed by atoms with E-state index in [0.29, 0.717) is 17.0 Å². The lowest BCUT2D eigenvalue weighted by molar-refractivity contribution is 0.1000. The second kappa shape index (κ2) is 4.15. The maximum atomic E-state index is 11.2. The molecule has 1 amide bonds. The molecule has 0 unspecified atom stereocenters. The van der Waals surface area contributed by atoms with Crippen molar-refractivity contribution in [1.29, 1.82) is 0 Å². The molecule has 0 saturated heterocycles. The Hall–Kier alpha value is -1.34. The molecular formula is C10H16N4O2S. The first-order valence-corrected chi connectivity index (χ1v) is 7.68. The maximum absolute atomic E-state index is 11.2. The molecule has 0 radical (unpaired) electrons. The minimum atomic E-state index is -2.00. The Morgan fingerprint density at radius 3 is 2.71 bits per heavy atom. The van der Waals surface area contributed by atoms with Crippen molar-refractivity contribution in [3.05, 3.63) is 11.8 Å². The van der Waals surface area contributed by atoms with Crippen LogP contribution in [0.15, 0.2) is 11.4 Å². The van der Waals surface area contributed by atoms with Crippen LogP contribution in [0.4, 0.5) is 5.82 Å². The molecule has 0 atom stereocenters. The zero-order valence-corrected chi connectivity index (χ0v) is 10.6. The van der Waals surface area contributed by atoms with Crippen LogP contribution >= 0.6 is 10.3 Å². The van der Waals surface area contributed by atoms with Crippen LogP contribution in [-0.2, 0) is 0 Å². The molecule has 1 aliphatic carbocycles. The molecular weight excluding hydrogens is 240 g/mol. The molecule has 0 aliphatic heterocycles. The first kappa shape index (κ1) is 12.1. The molecule has 1 aromatic heterocycles. The molecule has 0 aromatic carbocycles. The fourth-order valence-corrected chi connectivity index (χ4v) is 1.94. The third-order valence-corrected chi connectivity index (χ3v) is 3.49. The number of carbonyl (C=O) groups excluding carboxylic acids is 1. The van der Waals surface area contributed by atoms with Gasteiger partial charge in [0.2, 0.25) is 0 Å². The van der Waals surface area contributed by atoms with E-state index in [2.05, 4.69) is 15.3 Å². The van der Waals surface area contributed by atoms with Gasteiger partial charge in [0.15, 0.2) is 5.16 Å². The van der Waals surface area contributed by atoms with Gasteiger partial charge in [-0.15, -0.1) is 0 Å². The summed E-state index contributed by atoms with van der Waals surface area (Å²) in [6.07, 6.45) is 6.85. The van der Waals surface area contributed by atoms with E-state index in [1.807, 2.05) is 0 Å². The quantitative estimate of drug-likeness (QED) is 0.699. The van der Waals surface area contributed by atoms with E-state index in [0.717, 1.165) is 12.8 Å². The molecule has 1 aromatic rings. The zero-order chi connectivity index (χ0) is 12.6. The number of nitrogens with one attached hydrogen (secondary N) is 1. The van der Waals surface area contributed by atoms with Crippen LogP contribution in [0.5, 0.6) is 0 Å². The highest BCUT2D eigenvalue weighted by Crippen LogP contribution is 2.42. The van der Waals surface area contributed by atoms with Gasteiger partial charge >= 0.3 is 0 Å². The van der Waals surface area contributed by atoms with Gasteiger partial charge in [-0.05, 0) is 25.4 Å². The number of primary amides is 1. The molecule has 0 bridgehead atoms. The molecule has 1 saturated carbocycles. The molecule has 1 fully saturated rings. The molecule has 94 valence electrons. The van der Waals surface area contributed by atoms with Crippen LogP contribution in [0.3, 0.4) is 0 Å². The Morgan fingerprint density at radius 1 is 1.59 bits per heavy atom. The molecule has 0 spiro atoms. The minimum Gasteiger partial charge on any atom is -0.367 e. The van der Waals surface area contributed by atoms with Gasteiger partial charge in [0.1, 0.15) is 5.82 Å². The Bertz CT molecular complexity index is 454. The average Bonchev–Trinajstić information content (AvgIpc) is 2.99. The third kappa shape index (κ3) is 2.86. The molecule has 4 N–H and O–H groups in total. The number of hydrogen-bond donors (Lipinski definition) is 3. The summed E-state index contributed by atoms with van der Waals surface area (Å²) in [7, 11) is -2.00. The van der Waals surface area contributed by atoms with Gasteiger partial charge in [-0.2, -0.15) is 0 Å². The van der Waals surface area contributed by atoms with Gasteiger partial charge in [0.05, 0.1) is 5.56 Å². The summed E-state index contributed by atoms with van der Waals surface area (Å²) in [4.78, 5) is 19.4. The Balaban J connectivity index is 2.38. The number of aromatic nitrogens is 2. The van der Waals surface area contributed by atoms with Crippen LogP contribution in [0.25, 0.3) is 0 Å². The van der Waals surface area contributed by atoms with Crippen molar-refractivity contribution in [1.82, 2.24) is 9.97 Å². The van der Waals surface area contributed by atoms with E-state index < -0.39 is 16.2 Å². The van der Waals surface area contributed by atoms with Crippen molar-refractivity contribution >= 4 is 22.0 Å². The van der Waals surface area contributed by atoms with Crippen molar-refractivity contribution in [2.45, 2.75) is 24.0 Å². The molecule has 7 heteroatoms. The van der Waals surface area contributed by atoms with Crippen molar-refractivity contribution in [2.24, 2.45) is 5.73 Å². The van der Waals surface area contributed by atoms with E-state index in [-0.39, 0.29) is 5.56 Å². The number of rotatable bonds is 4. The second-order valence-electron chi connectivity index (χ2n) is 4.47. The standard InChI is InChI=1S/C10H16N4O2S/c1-17(2,16)10-12-5-7(8(11)15)9(14-10)13-6-3-4-6/h5-6,16H,3-4H2,1-2H3,(H2,11,15)(H,12,13,14). The fourth-order valence-electron chi connectivity index (χ4n) is 1.32. The highest BCUT2D eigenvalue weighted by atomic mass is 32.3. The van der Waals surface area contributed by atoms with Gasteiger partial charge < -0.3 is 15.6 Å². The summed E-state index contributed by atoms with van der Waals surface area (Å²) in [5.41, 5.74) is 5.52. The molecule has 17 heavy (non-hydrogen) atoms. The van der Waals surface area contributed by atoms with Gasteiger partial charge in [0.25, 0.3) is 5.91 Å². The lowest BCUT2D eigenvalue weighted by Gasteiger charge is -2.22. The third-order valence-electron chi connectivity index (χ3n) is 2.40. The first-order valence-electron chi connectivity index (χ1n) is 5.27. The highest BCUT2D eigenvalue weighted by molar-refractivity contribution is 8.27. The topological polar surface area (TPSA) is 101 Å². The molecule has 6 nitrogen and oxygen atoms in total. The number of hydrogen-bond acceptors (Lipinski definition) is 5. The summed E-state index contributed by atoms with van der Waals surface area (Å²) in [6, 6.07) is 0.354. The van der Waals surface area contributed by atoms with Crippen LogP contribution in [-0.4, -0.2) is 39.0 Å². The van der Waals surface area contributed by atoms with Crippen molar-refractivity contribution < 1.29 is 9.35 Å². The number of anilines is 1. The predicted octanol–water partition coefficient (Wildman–Crippen LogP) is 1.05. The Labute approximate surface area is 101 Å². The van der Waals surface area contributed by atoms with Crippen LogP contribution in [0, 0.1) is 0 Å². The summed E-state index contributed by atoms with van der Waals surface area (Å²) >= 11 is 0. The van der Waals surface area contributed by atoms with Gasteiger partial charge in [-0.25, -0.2) is 9.97 Å². The first-order chi connectivity index (χ1) is 7.88. The molecule has 1 heterocycles. The van der Waals surface area contributed by atoms with Crippen LogP contribution in [0.1, 0.15) is 23.2 Å². The Kier molecular flexibility index (Phi) is 2.96. The summed E-state index contributed by atoms with van der Waals surface area (Å²) in [5.74, 6) is -0.134. The number of nitrogens with two attached hydrogens (primary N) is 1. The van der Waals surface area contributed by atoms with Gasteiger partial charge in [-0.3, -0.25) is 4.79 Å². The smallest absolute Gasteiger partial charge is 0.254 e. The Morgan fingerprint density at radius 2 is 2.24 bits per heavy atom. The number of amides is 1. The summed E-state index contributed by atoms with van der Waals surface area (Å²) < 4.78 is 9.91. The summed E-state index contributed by atoms with van der Waals surface area (Å²) in [6.45, 7) is 0. The minimum absolute atomic E-state index is 0.268. The summed E-state index contributed by atoms with van der Waals surface area (Å²) in [5, 5.41) is 3.48. The van der Waals surface area contributed by atoms with E-state index in [9.17, 15) is 9.35 Å². The molecule has 2 rings (SSSR count). The van der Waals surface area contributed by atoms with Crippen LogP contribution < -0.4 is 11.1 Å². The lowest BCUT2D eigenvalue weighted by atomic mass is 10.3. The predicted molar refractivity (Wildman–Crippen MR) is 67.5 cm³/mol. The monoisotopic (exact) mass is 256 g/mol. The van der Waals surface area contributed by atoms with Crippen molar-refractivity contribution in [3.8, 4) is 0 Å².